The summed E-state index contributed by atoms with van der Waals surface area (Å²) >= 11 is 1.71. The van der Waals surface area contributed by atoms with E-state index in [1.807, 2.05) is 72.2 Å². The van der Waals surface area contributed by atoms with Crippen LogP contribution in [0.5, 0.6) is 11.5 Å². The molecule has 0 bridgehead atoms. The van der Waals surface area contributed by atoms with E-state index >= 15 is 0 Å². The van der Waals surface area contributed by atoms with Crippen molar-refractivity contribution < 1.29 is 90.6 Å². The lowest BCUT2D eigenvalue weighted by atomic mass is 10.00. The van der Waals surface area contributed by atoms with E-state index in [-0.39, 0.29) is 87.1 Å². The number of ether oxygens (including phenoxy) is 8. The van der Waals surface area contributed by atoms with Crippen molar-refractivity contribution in [3.05, 3.63) is 161 Å². The Morgan fingerprint density at radius 1 is 0.552 bits per heavy atom. The van der Waals surface area contributed by atoms with Gasteiger partial charge in [-0.25, -0.2) is 19.4 Å². The molecule has 5 aromatic carbocycles. The third-order valence-electron chi connectivity index (χ3n) is 18.3. The van der Waals surface area contributed by atoms with Crippen LogP contribution < -0.4 is 35.2 Å². The highest BCUT2D eigenvalue weighted by Gasteiger charge is 2.49. The summed E-state index contributed by atoms with van der Waals surface area (Å²) in [4.78, 5) is 134. The number of anilines is 5. The number of nitrogens with zero attached hydrogens (tertiary/aromatic N) is 4. The van der Waals surface area contributed by atoms with E-state index in [2.05, 4.69) is 42.1 Å². The first kappa shape index (κ1) is 78.8. The first-order valence-electron chi connectivity index (χ1n) is 35.4. The topological polar surface area (TPSA) is 311 Å². The number of aryl methyl sites for hydroxylation is 3. The van der Waals surface area contributed by atoms with Crippen LogP contribution in [0.2, 0.25) is 0 Å². The zero-order valence-corrected chi connectivity index (χ0v) is 60.1. The highest BCUT2D eigenvalue weighted by Crippen LogP contribution is 2.43. The van der Waals surface area contributed by atoms with E-state index in [0.717, 1.165) is 79.3 Å². The van der Waals surface area contributed by atoms with Crippen molar-refractivity contribution in [1.29, 1.82) is 0 Å². The molecule has 4 saturated heterocycles. The molecular formula is C78H89N7O19S. The molecule has 0 saturated carbocycles. The molecule has 105 heavy (non-hydrogen) atoms. The van der Waals surface area contributed by atoms with Gasteiger partial charge in [-0.2, -0.15) is 19.2 Å². The second kappa shape index (κ2) is 39.5. The summed E-state index contributed by atoms with van der Waals surface area (Å²) in [6.07, 6.45) is 11.0. The van der Waals surface area contributed by atoms with Gasteiger partial charge in [0.1, 0.15) is 24.7 Å². The molecule has 4 fully saturated rings. The van der Waals surface area contributed by atoms with Crippen LogP contribution in [0.4, 0.5) is 38.0 Å². The summed E-state index contributed by atoms with van der Waals surface area (Å²) in [7, 11) is 0. The average molecular weight is 1460 g/mol. The molecule has 3 N–H and O–H groups in total. The molecule has 6 aliphatic heterocycles. The number of rotatable bonds is 22. The third-order valence-corrected chi connectivity index (χ3v) is 19.3. The van der Waals surface area contributed by atoms with Crippen LogP contribution in [0.25, 0.3) is 10.1 Å². The molecule has 4 unspecified atom stereocenters. The number of hydrogen-bond donors (Lipinski definition) is 3. The second-order valence-electron chi connectivity index (χ2n) is 25.7. The van der Waals surface area contributed by atoms with E-state index < -0.39 is 43.3 Å². The molecular weight excluding hydrogens is 1370 g/mol. The number of piperidine rings is 2. The van der Waals surface area contributed by atoms with Gasteiger partial charge in [0.25, 0.3) is 17.7 Å². The maximum Gasteiger partial charge on any atom is 0.416 e. The minimum Gasteiger partial charge on any atom is -0.493 e. The quantitative estimate of drug-likeness (QED) is 0.0420. The van der Waals surface area contributed by atoms with Crippen molar-refractivity contribution in [3.63, 3.8) is 0 Å². The first-order valence-corrected chi connectivity index (χ1v) is 36.2. The van der Waals surface area contributed by atoms with E-state index in [1.54, 1.807) is 59.9 Å². The lowest BCUT2D eigenvalue weighted by Gasteiger charge is -2.42. The van der Waals surface area contributed by atoms with Gasteiger partial charge in [0.15, 0.2) is 25.0 Å². The zero-order valence-electron chi connectivity index (χ0n) is 59.3. The maximum atomic E-state index is 14.1. The number of para-hydroxylation sites is 1. The predicted molar refractivity (Wildman–Crippen MR) is 389 cm³/mol. The number of thiophene rings is 1. The Kier molecular flexibility index (Phi) is 29.6. The lowest BCUT2D eigenvalue weighted by Crippen LogP contribution is -2.57. The number of amides is 7. The summed E-state index contributed by atoms with van der Waals surface area (Å²) < 4.78 is 49.6. The number of fused-ring (bicyclic) bond motifs is 5. The molecule has 7 heterocycles. The standard InChI is InChI=1S/C43H48N4O8S.C33H41N3O7.2CO2/c1-4-20-54-43(51)47-35-26-36(27(2)23-33(35)41(50)46-19-7-5-10-34(46)42(47)55-39-12-6-8-21-53-39)52-22-9-11-38(48)44-31-15-13-29(14-16-31)40(49)45-32-17-18-37-30(25-32)24-28(3)56-37;1-3-18-42-33(39)36-27-22-28(40-20-11-15-29(37)34-24-12-5-4-6-13-24)23(2)21-25(27)31(38)35-17-9-7-14-26(35)32(36)43-30-16-8-10-19-41-30;2*2-1-3/h4,13-18,23-26,34,39,42H,1,5-12,19-22H2,2-3H3,(H,44,48)(H,45,49);3-6,12-13,21-22,26,30,32H,1,7-11,14-20H2,2H3,(H,34,37);;/t34-,39?,42?;26-,30?,32?;;/m00../s1. The van der Waals surface area contributed by atoms with E-state index in [4.69, 9.17) is 57.1 Å². The summed E-state index contributed by atoms with van der Waals surface area (Å²) in [5, 5.41) is 9.80. The van der Waals surface area contributed by atoms with E-state index in [1.165, 1.54) is 31.5 Å². The number of hydrogen-bond acceptors (Lipinski definition) is 20. The molecule has 6 aliphatic rings. The van der Waals surface area contributed by atoms with Gasteiger partial charge in [-0.05, 0) is 200 Å². The summed E-state index contributed by atoms with van der Waals surface area (Å²) in [6.45, 7) is 15.9. The molecule has 556 valence electrons. The predicted octanol–water partition coefficient (Wildman–Crippen LogP) is 13.2. The molecule has 0 radical (unpaired) electrons. The molecule has 0 aliphatic carbocycles. The maximum absolute atomic E-state index is 14.1. The van der Waals surface area contributed by atoms with Gasteiger partial charge in [-0.1, -0.05) is 43.5 Å². The number of carbonyl (C=O) groups excluding carboxylic acids is 11. The molecule has 27 heteroatoms. The Balaban J connectivity index is 0.000000233. The van der Waals surface area contributed by atoms with Crippen LogP contribution in [0, 0.1) is 20.8 Å². The fraction of sp³-hybridized carbons (Fsp3) is 0.423. The van der Waals surface area contributed by atoms with Crippen molar-refractivity contribution in [2.24, 2.45) is 0 Å². The van der Waals surface area contributed by atoms with Gasteiger partial charge < -0.3 is 63.6 Å². The number of benzene rings is 5. The van der Waals surface area contributed by atoms with Crippen LogP contribution in [-0.4, -0.2) is 154 Å². The fourth-order valence-electron chi connectivity index (χ4n) is 13.4. The monoisotopic (exact) mass is 1460 g/mol. The number of carbonyl (C=O) groups is 7. The normalized spacial score (nSPS) is 19.4. The molecule has 7 amide bonds. The van der Waals surface area contributed by atoms with Crippen LogP contribution in [0.1, 0.15) is 150 Å². The van der Waals surface area contributed by atoms with Gasteiger partial charge in [0, 0.05) is 83.5 Å². The van der Waals surface area contributed by atoms with Gasteiger partial charge in [-0.3, -0.25) is 24.0 Å². The SMILES string of the molecule is C=CCOC(=O)N1c2cc(OCCCC(=O)Nc3ccc(C(=O)Nc4ccc5sc(C)cc5c4)cc3)c(C)cc2C(=O)N2CCCC[C@H]2C1OC1CCCCO1.C=CCOC(=O)N1c2cc(OCCCC(=O)Nc3ccccc3)c(C)cc2C(=O)N2CCCC[C@H]2C1OC1CCCCO1.O=C=O.O=C=O. The van der Waals surface area contributed by atoms with Crippen LogP contribution >= 0.6 is 11.3 Å². The Morgan fingerprint density at radius 2 is 1.01 bits per heavy atom. The molecule has 1 aromatic heterocycles. The van der Waals surface area contributed by atoms with Gasteiger partial charge in [-0.15, -0.1) is 11.3 Å². The van der Waals surface area contributed by atoms with Gasteiger partial charge in [0.2, 0.25) is 11.8 Å². The molecule has 0 spiro atoms. The van der Waals surface area contributed by atoms with E-state index in [9.17, 15) is 33.6 Å². The van der Waals surface area contributed by atoms with Crippen molar-refractivity contribution in [2.75, 3.05) is 78.5 Å². The van der Waals surface area contributed by atoms with Gasteiger partial charge in [0.05, 0.1) is 47.8 Å². The lowest BCUT2D eigenvalue weighted by molar-refractivity contribution is -0.199. The van der Waals surface area contributed by atoms with Crippen molar-refractivity contribution >= 4 is 104 Å². The zero-order chi connectivity index (χ0) is 74.8. The first-order chi connectivity index (χ1) is 51.0. The summed E-state index contributed by atoms with van der Waals surface area (Å²) in [5.41, 5.74) is 5.45. The molecule has 6 atom stereocenters. The molecule has 6 aromatic rings. The minimum absolute atomic E-state index is 0.0106. The molecule has 26 nitrogen and oxygen atoms in total. The third kappa shape index (κ3) is 21.2. The Labute approximate surface area is 613 Å². The summed E-state index contributed by atoms with van der Waals surface area (Å²) in [6, 6.07) is 30.2. The van der Waals surface area contributed by atoms with Crippen molar-refractivity contribution in [1.82, 2.24) is 9.80 Å². The molecule has 12 rings (SSSR count). The number of nitrogens with one attached hydrogen (secondary N) is 3. The van der Waals surface area contributed by atoms with Crippen molar-refractivity contribution in [2.45, 2.75) is 161 Å². The fourth-order valence-corrected chi connectivity index (χ4v) is 14.3. The highest BCUT2D eigenvalue weighted by molar-refractivity contribution is 7.19. The highest BCUT2D eigenvalue weighted by atomic mass is 32.1. The minimum atomic E-state index is -0.839. The Hall–Kier alpha value is -10.4. The smallest absolute Gasteiger partial charge is 0.416 e. The van der Waals surface area contributed by atoms with Crippen molar-refractivity contribution in [3.8, 4) is 11.5 Å². The Morgan fingerprint density at radius 3 is 1.47 bits per heavy atom. The Bertz CT molecular complexity index is 4080. The summed E-state index contributed by atoms with van der Waals surface area (Å²) in [5.74, 6) is 0.132. The van der Waals surface area contributed by atoms with Crippen LogP contribution in [0.15, 0.2) is 128 Å². The van der Waals surface area contributed by atoms with Gasteiger partial charge >= 0.3 is 24.5 Å². The average Bonchev–Trinajstić information content (AvgIpc) is 1.63. The largest absolute Gasteiger partial charge is 0.493 e. The van der Waals surface area contributed by atoms with Crippen LogP contribution in [0.3, 0.4) is 0 Å². The second-order valence-corrected chi connectivity index (χ2v) is 27.0. The van der Waals surface area contributed by atoms with Crippen LogP contribution in [-0.2, 0) is 57.2 Å². The van der Waals surface area contributed by atoms with E-state index in [0.29, 0.717) is 110 Å².